The van der Waals surface area contributed by atoms with Gasteiger partial charge in [0, 0.05) is 0 Å². The predicted molar refractivity (Wildman–Crippen MR) is 85.2 cm³/mol. The van der Waals surface area contributed by atoms with Crippen molar-refractivity contribution < 1.29 is 14.7 Å². The second-order valence-corrected chi connectivity index (χ2v) is 6.17. The summed E-state index contributed by atoms with van der Waals surface area (Å²) < 4.78 is 0. The Labute approximate surface area is 132 Å². The molecule has 0 aliphatic rings. The summed E-state index contributed by atoms with van der Waals surface area (Å²) in [6.07, 6.45) is 4.09. The molecule has 1 rings (SSSR count). The maximum absolute atomic E-state index is 12.4. The molecule has 0 aromatic carbocycles. The van der Waals surface area contributed by atoms with Gasteiger partial charge in [-0.25, -0.2) is 14.8 Å². The van der Waals surface area contributed by atoms with Crippen LogP contribution in [0.3, 0.4) is 0 Å². The Balaban J connectivity index is 3.00. The standard InChI is InChI=1S/C13H19N3O3S2/c1-7-10(12(21-4)15-8(2)14-7)11(17)16-9(13(18)19)5-6-20-3/h9H,5-6H2,1-4H3,(H,16,17)(H,18,19)/t9-/m0/s1. The highest BCUT2D eigenvalue weighted by Crippen LogP contribution is 2.20. The number of rotatable bonds is 7. The van der Waals surface area contributed by atoms with Gasteiger partial charge in [0.25, 0.3) is 5.91 Å². The van der Waals surface area contributed by atoms with Gasteiger partial charge >= 0.3 is 5.97 Å². The number of nitrogens with one attached hydrogen (secondary N) is 1. The van der Waals surface area contributed by atoms with Crippen molar-refractivity contribution in [2.45, 2.75) is 31.3 Å². The van der Waals surface area contributed by atoms with Gasteiger partial charge < -0.3 is 10.4 Å². The summed E-state index contributed by atoms with van der Waals surface area (Å²) in [4.78, 5) is 32.0. The molecule has 21 heavy (non-hydrogen) atoms. The largest absolute Gasteiger partial charge is 0.480 e. The maximum Gasteiger partial charge on any atom is 0.326 e. The number of carbonyl (C=O) groups is 2. The van der Waals surface area contributed by atoms with Crippen molar-refractivity contribution in [1.82, 2.24) is 15.3 Å². The molecule has 0 saturated carbocycles. The molecule has 6 nitrogen and oxygen atoms in total. The van der Waals surface area contributed by atoms with Crippen molar-refractivity contribution in [2.24, 2.45) is 0 Å². The molecule has 0 bridgehead atoms. The smallest absolute Gasteiger partial charge is 0.326 e. The second-order valence-electron chi connectivity index (χ2n) is 4.39. The van der Waals surface area contributed by atoms with Crippen LogP contribution in [-0.4, -0.2) is 51.3 Å². The van der Waals surface area contributed by atoms with E-state index in [-0.39, 0.29) is 0 Å². The van der Waals surface area contributed by atoms with E-state index >= 15 is 0 Å². The van der Waals surface area contributed by atoms with Crippen LogP contribution >= 0.6 is 23.5 Å². The van der Waals surface area contributed by atoms with E-state index < -0.39 is 17.9 Å². The zero-order valence-corrected chi connectivity index (χ0v) is 14.1. The van der Waals surface area contributed by atoms with Crippen molar-refractivity contribution in [3.8, 4) is 0 Å². The number of thioether (sulfide) groups is 2. The van der Waals surface area contributed by atoms with E-state index in [9.17, 15) is 14.7 Å². The van der Waals surface area contributed by atoms with E-state index in [1.54, 1.807) is 13.8 Å². The van der Waals surface area contributed by atoms with Crippen molar-refractivity contribution >= 4 is 35.4 Å². The average Bonchev–Trinajstić information content (AvgIpc) is 2.41. The van der Waals surface area contributed by atoms with Gasteiger partial charge in [0.05, 0.1) is 11.3 Å². The highest BCUT2D eigenvalue weighted by Gasteiger charge is 2.24. The van der Waals surface area contributed by atoms with Crippen LogP contribution < -0.4 is 5.32 Å². The first-order valence-electron chi connectivity index (χ1n) is 6.32. The number of aliphatic carboxylic acids is 1. The molecule has 2 N–H and O–H groups in total. The van der Waals surface area contributed by atoms with Crippen LogP contribution in [0.2, 0.25) is 0 Å². The summed E-state index contributed by atoms with van der Waals surface area (Å²) in [5, 5.41) is 12.3. The fraction of sp³-hybridized carbons (Fsp3) is 0.538. The van der Waals surface area contributed by atoms with E-state index in [4.69, 9.17) is 0 Å². The van der Waals surface area contributed by atoms with Crippen LogP contribution in [0.25, 0.3) is 0 Å². The fourth-order valence-electron chi connectivity index (χ4n) is 1.81. The molecule has 1 atom stereocenters. The molecule has 1 aromatic heterocycles. The summed E-state index contributed by atoms with van der Waals surface area (Å²) in [5.41, 5.74) is 0.904. The molecule has 0 radical (unpaired) electrons. The van der Waals surface area contributed by atoms with Crippen LogP contribution in [0.15, 0.2) is 5.03 Å². The SMILES string of the molecule is CSCC[C@H](NC(=O)c1c(C)nc(C)nc1SC)C(=O)O. The van der Waals surface area contributed by atoms with Gasteiger partial charge in [0.2, 0.25) is 0 Å². The Morgan fingerprint density at radius 1 is 1.29 bits per heavy atom. The third-order valence-corrected chi connectivity index (χ3v) is 4.13. The van der Waals surface area contributed by atoms with Gasteiger partial charge in [0.1, 0.15) is 16.9 Å². The molecule has 1 aromatic rings. The molecule has 0 saturated heterocycles. The van der Waals surface area contributed by atoms with E-state index in [0.29, 0.717) is 34.3 Å². The van der Waals surface area contributed by atoms with Gasteiger partial charge in [-0.1, -0.05) is 0 Å². The Morgan fingerprint density at radius 2 is 1.95 bits per heavy atom. The molecule has 1 heterocycles. The molecule has 0 aliphatic heterocycles. The molecule has 0 aliphatic carbocycles. The topological polar surface area (TPSA) is 92.2 Å². The fourth-order valence-corrected chi connectivity index (χ4v) is 2.95. The molecular weight excluding hydrogens is 310 g/mol. The lowest BCUT2D eigenvalue weighted by molar-refractivity contribution is -0.139. The first kappa shape index (κ1) is 17.8. The number of carboxylic acids is 1. The van der Waals surface area contributed by atoms with Crippen molar-refractivity contribution in [3.05, 3.63) is 17.1 Å². The lowest BCUT2D eigenvalue weighted by atomic mass is 10.2. The number of carboxylic acid groups (broad SMARTS) is 1. The number of hydrogen-bond donors (Lipinski definition) is 2. The van der Waals surface area contributed by atoms with Gasteiger partial charge in [0.15, 0.2) is 0 Å². The predicted octanol–water partition coefficient (Wildman–Crippen LogP) is 1.75. The Hall–Kier alpha value is -1.28. The molecule has 8 heteroatoms. The summed E-state index contributed by atoms with van der Waals surface area (Å²) in [5.74, 6) is -0.222. The first-order valence-corrected chi connectivity index (χ1v) is 8.94. The van der Waals surface area contributed by atoms with Crippen LogP contribution in [-0.2, 0) is 4.79 Å². The number of hydrogen-bond acceptors (Lipinski definition) is 6. The van der Waals surface area contributed by atoms with Gasteiger partial charge in [-0.3, -0.25) is 4.79 Å². The molecular formula is C13H19N3O3S2. The Kier molecular flexibility index (Phi) is 6.97. The molecule has 0 fully saturated rings. The molecule has 0 spiro atoms. The number of carbonyl (C=O) groups excluding carboxylic acids is 1. The summed E-state index contributed by atoms with van der Waals surface area (Å²) in [6, 6.07) is -0.902. The number of aromatic nitrogens is 2. The second kappa shape index (κ2) is 8.23. The van der Waals surface area contributed by atoms with E-state index in [1.807, 2.05) is 12.5 Å². The quantitative estimate of drug-likeness (QED) is 0.581. The number of amides is 1. The summed E-state index contributed by atoms with van der Waals surface area (Å²) in [7, 11) is 0. The minimum absolute atomic E-state index is 0.350. The monoisotopic (exact) mass is 329 g/mol. The summed E-state index contributed by atoms with van der Waals surface area (Å²) >= 11 is 2.88. The molecule has 0 unspecified atom stereocenters. The highest BCUT2D eigenvalue weighted by atomic mass is 32.2. The lowest BCUT2D eigenvalue weighted by Gasteiger charge is -2.16. The zero-order chi connectivity index (χ0) is 16.0. The Morgan fingerprint density at radius 3 is 2.48 bits per heavy atom. The molecule has 116 valence electrons. The van der Waals surface area contributed by atoms with E-state index in [1.165, 1.54) is 23.5 Å². The Bertz CT molecular complexity index is 538. The van der Waals surface area contributed by atoms with Crippen molar-refractivity contribution in [1.29, 1.82) is 0 Å². The highest BCUT2D eigenvalue weighted by molar-refractivity contribution is 7.98. The third kappa shape index (κ3) is 4.89. The van der Waals surface area contributed by atoms with Crippen molar-refractivity contribution in [3.63, 3.8) is 0 Å². The van der Waals surface area contributed by atoms with Gasteiger partial charge in [-0.05, 0) is 38.5 Å². The normalized spacial score (nSPS) is 12.0. The first-order chi connectivity index (χ1) is 9.90. The van der Waals surface area contributed by atoms with Crippen LogP contribution in [0, 0.1) is 13.8 Å². The number of aryl methyl sites for hydroxylation is 2. The zero-order valence-electron chi connectivity index (χ0n) is 12.5. The lowest BCUT2D eigenvalue weighted by Crippen LogP contribution is -2.41. The van der Waals surface area contributed by atoms with Crippen LogP contribution in [0.4, 0.5) is 0 Å². The van der Waals surface area contributed by atoms with Gasteiger partial charge in [-0.15, -0.1) is 11.8 Å². The van der Waals surface area contributed by atoms with Crippen LogP contribution in [0.5, 0.6) is 0 Å². The maximum atomic E-state index is 12.4. The van der Waals surface area contributed by atoms with Crippen LogP contribution in [0.1, 0.15) is 28.3 Å². The average molecular weight is 329 g/mol. The summed E-state index contributed by atoms with van der Waals surface area (Å²) in [6.45, 7) is 3.48. The van der Waals surface area contributed by atoms with Gasteiger partial charge in [-0.2, -0.15) is 11.8 Å². The van der Waals surface area contributed by atoms with E-state index in [2.05, 4.69) is 15.3 Å². The number of nitrogens with zero attached hydrogens (tertiary/aromatic N) is 2. The minimum atomic E-state index is -1.03. The van der Waals surface area contributed by atoms with E-state index in [0.717, 1.165) is 0 Å². The molecule has 1 amide bonds. The van der Waals surface area contributed by atoms with Crippen molar-refractivity contribution in [2.75, 3.05) is 18.3 Å². The third-order valence-electron chi connectivity index (χ3n) is 2.80. The minimum Gasteiger partial charge on any atom is -0.480 e.